The van der Waals surface area contributed by atoms with E-state index >= 15 is 0 Å². The van der Waals surface area contributed by atoms with Crippen LogP contribution in [0.2, 0.25) is 0 Å². The molecular weight excluding hydrogens is 356 g/mol. The first-order valence-corrected chi connectivity index (χ1v) is 10.2. The van der Waals surface area contributed by atoms with Gasteiger partial charge in [0, 0.05) is 38.2 Å². The van der Waals surface area contributed by atoms with Crippen LogP contribution in [0.15, 0.2) is 41.4 Å². The molecule has 1 aliphatic heterocycles. The first kappa shape index (κ1) is 18.1. The molecule has 1 saturated heterocycles. The van der Waals surface area contributed by atoms with Crippen LogP contribution in [0, 0.1) is 10.1 Å². The Morgan fingerprint density at radius 2 is 1.96 bits per heavy atom. The average Bonchev–Trinajstić information content (AvgIpc) is 3.14. The van der Waals surface area contributed by atoms with E-state index in [0.29, 0.717) is 6.54 Å². The van der Waals surface area contributed by atoms with Crippen LogP contribution in [0.1, 0.15) is 18.4 Å². The monoisotopic (exact) mass is 376 g/mol. The molecule has 9 heteroatoms. The second kappa shape index (κ2) is 7.28. The van der Waals surface area contributed by atoms with Gasteiger partial charge in [0.2, 0.25) is 0 Å². The summed E-state index contributed by atoms with van der Waals surface area (Å²) >= 11 is 0. The number of pyridine rings is 1. The molecule has 1 aliphatic rings. The first-order valence-electron chi connectivity index (χ1n) is 8.27. The summed E-state index contributed by atoms with van der Waals surface area (Å²) in [6.45, 7) is 2.39. The highest BCUT2D eigenvalue weighted by molar-refractivity contribution is 7.90. The topological polar surface area (TPSA) is 105 Å². The van der Waals surface area contributed by atoms with E-state index in [4.69, 9.17) is 0 Å². The number of nitrogens with one attached hydrogen (secondary N) is 1. The molecule has 2 heterocycles. The lowest BCUT2D eigenvalue weighted by Crippen LogP contribution is -2.18. The molecule has 0 bridgehead atoms. The summed E-state index contributed by atoms with van der Waals surface area (Å²) in [4.78, 5) is 17.3. The van der Waals surface area contributed by atoms with Crippen molar-refractivity contribution in [2.45, 2.75) is 24.3 Å². The molecule has 0 radical (unpaired) electrons. The summed E-state index contributed by atoms with van der Waals surface area (Å²) in [6, 6.07) is 7.74. The number of hydrogen-bond donors (Lipinski definition) is 1. The van der Waals surface area contributed by atoms with Crippen LogP contribution in [0.5, 0.6) is 0 Å². The Morgan fingerprint density at radius 3 is 2.54 bits per heavy atom. The van der Waals surface area contributed by atoms with E-state index in [-0.39, 0.29) is 16.3 Å². The fourth-order valence-corrected chi connectivity index (χ4v) is 3.54. The fourth-order valence-electron chi connectivity index (χ4n) is 2.89. The molecule has 1 aromatic heterocycles. The minimum atomic E-state index is -3.50. The molecule has 0 amide bonds. The van der Waals surface area contributed by atoms with Crippen LogP contribution >= 0.6 is 0 Å². The number of nitro groups is 1. The Bertz CT molecular complexity index is 907. The Kier molecular flexibility index (Phi) is 5.08. The van der Waals surface area contributed by atoms with Gasteiger partial charge in [-0.15, -0.1) is 0 Å². The first-order chi connectivity index (χ1) is 12.3. The minimum absolute atomic E-state index is 0.0774. The van der Waals surface area contributed by atoms with Gasteiger partial charge in [0.25, 0.3) is 5.69 Å². The van der Waals surface area contributed by atoms with E-state index in [0.717, 1.165) is 36.8 Å². The molecule has 0 atom stereocenters. The molecule has 0 unspecified atom stereocenters. The van der Waals surface area contributed by atoms with Crippen molar-refractivity contribution in [2.75, 3.05) is 29.6 Å². The molecule has 0 saturated carbocycles. The fraction of sp³-hybridized carbons (Fsp3) is 0.353. The van der Waals surface area contributed by atoms with Crippen LogP contribution in [0.4, 0.5) is 17.2 Å². The van der Waals surface area contributed by atoms with E-state index in [1.807, 2.05) is 12.1 Å². The molecule has 1 aromatic carbocycles. The maximum atomic E-state index is 11.6. The number of anilines is 2. The predicted molar refractivity (Wildman–Crippen MR) is 99.2 cm³/mol. The number of sulfone groups is 1. The van der Waals surface area contributed by atoms with Gasteiger partial charge in [-0.1, -0.05) is 6.07 Å². The van der Waals surface area contributed by atoms with E-state index in [1.165, 1.54) is 25.0 Å². The van der Waals surface area contributed by atoms with Crippen LogP contribution in [-0.4, -0.2) is 37.7 Å². The lowest BCUT2D eigenvalue weighted by Gasteiger charge is -2.16. The highest BCUT2D eigenvalue weighted by Gasteiger charge is 2.18. The Balaban J connectivity index is 1.73. The maximum Gasteiger partial charge on any atom is 0.293 e. The van der Waals surface area contributed by atoms with Gasteiger partial charge < -0.3 is 10.2 Å². The van der Waals surface area contributed by atoms with Gasteiger partial charge in [-0.3, -0.25) is 10.1 Å². The Labute approximate surface area is 151 Å². The zero-order chi connectivity index (χ0) is 18.7. The highest BCUT2D eigenvalue weighted by Crippen LogP contribution is 2.28. The van der Waals surface area contributed by atoms with Crippen molar-refractivity contribution in [3.8, 4) is 0 Å². The molecule has 2 aromatic rings. The number of aromatic nitrogens is 1. The van der Waals surface area contributed by atoms with Crippen molar-refractivity contribution in [3.05, 3.63) is 52.2 Å². The largest absolute Gasteiger partial charge is 0.375 e. The number of hydrogen-bond acceptors (Lipinski definition) is 7. The zero-order valence-corrected chi connectivity index (χ0v) is 15.2. The van der Waals surface area contributed by atoms with Crippen molar-refractivity contribution < 1.29 is 13.3 Å². The maximum absolute atomic E-state index is 11.6. The SMILES string of the molecule is CS(=O)(=O)c1ccc(NCc2ccc(N3CCCC3)nc2)c([N+](=O)[O-])c1. The molecule has 26 heavy (non-hydrogen) atoms. The third-order valence-electron chi connectivity index (χ3n) is 4.32. The normalized spacial score (nSPS) is 14.4. The third kappa shape index (κ3) is 4.10. The molecule has 8 nitrogen and oxygen atoms in total. The van der Waals surface area contributed by atoms with Crippen LogP contribution in [-0.2, 0) is 16.4 Å². The second-order valence-electron chi connectivity index (χ2n) is 6.28. The smallest absolute Gasteiger partial charge is 0.293 e. The van der Waals surface area contributed by atoms with E-state index in [9.17, 15) is 18.5 Å². The summed E-state index contributed by atoms with van der Waals surface area (Å²) < 4.78 is 23.2. The standard InChI is InChI=1S/C17H20N4O4S/c1-26(24,25)14-5-6-15(16(10-14)21(22)23)18-11-13-4-7-17(19-12-13)20-8-2-3-9-20/h4-7,10,12,18H,2-3,8-9,11H2,1H3. The summed E-state index contributed by atoms with van der Waals surface area (Å²) in [7, 11) is -3.50. The average molecular weight is 376 g/mol. The van der Waals surface area contributed by atoms with Gasteiger partial charge in [-0.05, 0) is 36.6 Å². The van der Waals surface area contributed by atoms with E-state index in [1.54, 1.807) is 6.20 Å². The van der Waals surface area contributed by atoms with Crippen molar-refractivity contribution in [2.24, 2.45) is 0 Å². The quantitative estimate of drug-likeness (QED) is 0.610. The lowest BCUT2D eigenvalue weighted by atomic mass is 10.2. The Morgan fingerprint density at radius 1 is 1.23 bits per heavy atom. The van der Waals surface area contributed by atoms with Gasteiger partial charge in [0.05, 0.1) is 9.82 Å². The van der Waals surface area contributed by atoms with Crippen molar-refractivity contribution >= 4 is 27.0 Å². The predicted octanol–water partition coefficient (Wildman–Crippen LogP) is 2.61. The van der Waals surface area contributed by atoms with Crippen LogP contribution < -0.4 is 10.2 Å². The minimum Gasteiger partial charge on any atom is -0.375 e. The van der Waals surface area contributed by atoms with Gasteiger partial charge in [-0.25, -0.2) is 13.4 Å². The summed E-state index contributed by atoms with van der Waals surface area (Å²) in [5.74, 6) is 0.940. The van der Waals surface area contributed by atoms with Crippen molar-refractivity contribution in [1.82, 2.24) is 4.98 Å². The summed E-state index contributed by atoms with van der Waals surface area (Å²) in [6.07, 6.45) is 5.13. The van der Waals surface area contributed by atoms with Crippen LogP contribution in [0.3, 0.4) is 0 Å². The number of nitrogens with zero attached hydrogens (tertiary/aromatic N) is 3. The zero-order valence-electron chi connectivity index (χ0n) is 14.4. The van der Waals surface area contributed by atoms with Gasteiger partial charge >= 0.3 is 0 Å². The number of nitro benzene ring substituents is 1. The lowest BCUT2D eigenvalue weighted by molar-refractivity contribution is -0.384. The van der Waals surface area contributed by atoms with Crippen molar-refractivity contribution in [1.29, 1.82) is 0 Å². The van der Waals surface area contributed by atoms with E-state index in [2.05, 4.69) is 15.2 Å². The molecule has 3 rings (SSSR count). The number of rotatable bonds is 6. The highest BCUT2D eigenvalue weighted by atomic mass is 32.2. The number of benzene rings is 1. The van der Waals surface area contributed by atoms with Gasteiger partial charge in [-0.2, -0.15) is 0 Å². The molecular formula is C17H20N4O4S. The van der Waals surface area contributed by atoms with Crippen LogP contribution in [0.25, 0.3) is 0 Å². The molecule has 0 aliphatic carbocycles. The second-order valence-corrected chi connectivity index (χ2v) is 8.30. The summed E-state index contributed by atoms with van der Waals surface area (Å²) in [5, 5.41) is 14.2. The molecule has 0 spiro atoms. The van der Waals surface area contributed by atoms with Crippen molar-refractivity contribution in [3.63, 3.8) is 0 Å². The van der Waals surface area contributed by atoms with Gasteiger partial charge in [0.1, 0.15) is 11.5 Å². The molecule has 1 fully saturated rings. The van der Waals surface area contributed by atoms with E-state index < -0.39 is 14.8 Å². The summed E-state index contributed by atoms with van der Waals surface area (Å²) in [5.41, 5.74) is 0.884. The third-order valence-corrected chi connectivity index (χ3v) is 5.43. The Hall–Kier alpha value is -2.68. The molecule has 1 N–H and O–H groups in total. The van der Waals surface area contributed by atoms with Gasteiger partial charge in [0.15, 0.2) is 9.84 Å². The molecule has 138 valence electrons.